The highest BCUT2D eigenvalue weighted by molar-refractivity contribution is 5.90. The zero-order chi connectivity index (χ0) is 18.6. The van der Waals surface area contributed by atoms with E-state index in [1.54, 1.807) is 0 Å². The SMILES string of the molecule is O=C(Cc1ccc(-c2ccccc2)cc1)Nc1nc2c(c(=O)[nH]1)CCCC2. The van der Waals surface area contributed by atoms with Crippen molar-refractivity contribution in [2.24, 2.45) is 0 Å². The molecule has 1 heterocycles. The molecular formula is C22H21N3O2. The highest BCUT2D eigenvalue weighted by Crippen LogP contribution is 2.20. The Morgan fingerprint density at radius 1 is 0.963 bits per heavy atom. The van der Waals surface area contributed by atoms with E-state index < -0.39 is 0 Å². The number of nitrogens with one attached hydrogen (secondary N) is 2. The fourth-order valence-electron chi connectivity index (χ4n) is 3.47. The summed E-state index contributed by atoms with van der Waals surface area (Å²) in [5, 5.41) is 2.72. The molecule has 0 saturated carbocycles. The smallest absolute Gasteiger partial charge is 0.255 e. The first-order valence-electron chi connectivity index (χ1n) is 9.25. The molecule has 0 radical (unpaired) electrons. The summed E-state index contributed by atoms with van der Waals surface area (Å²) in [5.74, 6) is 0.0490. The number of hydrogen-bond donors (Lipinski definition) is 2. The van der Waals surface area contributed by atoms with Gasteiger partial charge in [-0.25, -0.2) is 4.98 Å². The van der Waals surface area contributed by atoms with Crippen molar-refractivity contribution in [3.8, 4) is 11.1 Å². The third kappa shape index (κ3) is 3.97. The second kappa shape index (κ2) is 7.58. The van der Waals surface area contributed by atoms with Crippen molar-refractivity contribution in [2.45, 2.75) is 32.1 Å². The lowest BCUT2D eigenvalue weighted by atomic mass is 9.97. The Bertz CT molecular complexity index is 1010. The van der Waals surface area contributed by atoms with Gasteiger partial charge in [-0.2, -0.15) is 0 Å². The summed E-state index contributed by atoms with van der Waals surface area (Å²) in [7, 11) is 0. The average molecular weight is 359 g/mol. The number of carbonyl (C=O) groups is 1. The molecule has 0 aliphatic heterocycles. The molecule has 0 atom stereocenters. The molecule has 1 aliphatic carbocycles. The predicted molar refractivity (Wildman–Crippen MR) is 106 cm³/mol. The molecule has 0 unspecified atom stereocenters. The Morgan fingerprint density at radius 2 is 1.67 bits per heavy atom. The second-order valence-corrected chi connectivity index (χ2v) is 6.83. The number of benzene rings is 2. The van der Waals surface area contributed by atoms with Crippen LogP contribution >= 0.6 is 0 Å². The number of hydrogen-bond acceptors (Lipinski definition) is 3. The van der Waals surface area contributed by atoms with Crippen molar-refractivity contribution in [1.29, 1.82) is 0 Å². The van der Waals surface area contributed by atoms with E-state index in [0.29, 0.717) is 0 Å². The molecular weight excluding hydrogens is 338 g/mol. The van der Waals surface area contributed by atoms with Crippen LogP contribution in [0, 0.1) is 0 Å². The maximum absolute atomic E-state index is 12.3. The van der Waals surface area contributed by atoms with Gasteiger partial charge in [0.25, 0.3) is 5.56 Å². The van der Waals surface area contributed by atoms with E-state index in [1.807, 2.05) is 42.5 Å². The lowest BCUT2D eigenvalue weighted by molar-refractivity contribution is -0.115. The normalized spacial score (nSPS) is 13.0. The molecule has 0 spiro atoms. The van der Waals surface area contributed by atoms with Crippen molar-refractivity contribution in [1.82, 2.24) is 9.97 Å². The number of aromatic nitrogens is 2. The molecule has 0 saturated heterocycles. The first kappa shape index (κ1) is 17.2. The Kier molecular flexibility index (Phi) is 4.83. The lowest BCUT2D eigenvalue weighted by Crippen LogP contribution is -2.25. The van der Waals surface area contributed by atoms with Gasteiger partial charge in [0.2, 0.25) is 11.9 Å². The third-order valence-electron chi connectivity index (χ3n) is 4.88. The van der Waals surface area contributed by atoms with Gasteiger partial charge in [-0.05, 0) is 42.4 Å². The molecule has 1 aromatic heterocycles. The summed E-state index contributed by atoms with van der Waals surface area (Å²) >= 11 is 0. The van der Waals surface area contributed by atoms with Crippen LogP contribution in [0.3, 0.4) is 0 Å². The molecule has 5 nitrogen and oxygen atoms in total. The molecule has 5 heteroatoms. The van der Waals surface area contributed by atoms with Crippen molar-refractivity contribution >= 4 is 11.9 Å². The highest BCUT2D eigenvalue weighted by atomic mass is 16.2. The van der Waals surface area contributed by atoms with Gasteiger partial charge >= 0.3 is 0 Å². The first-order chi connectivity index (χ1) is 13.2. The summed E-state index contributed by atoms with van der Waals surface area (Å²) in [6.45, 7) is 0. The van der Waals surface area contributed by atoms with Gasteiger partial charge in [-0.15, -0.1) is 0 Å². The van der Waals surface area contributed by atoms with Crippen molar-refractivity contribution < 1.29 is 4.79 Å². The fraction of sp³-hybridized carbons (Fsp3) is 0.227. The number of rotatable bonds is 4. The number of aromatic amines is 1. The number of nitrogens with zero attached hydrogens (tertiary/aromatic N) is 1. The van der Waals surface area contributed by atoms with Crippen LogP contribution in [0.2, 0.25) is 0 Å². The zero-order valence-corrected chi connectivity index (χ0v) is 15.0. The molecule has 2 aromatic carbocycles. The van der Waals surface area contributed by atoms with Gasteiger partial charge in [-0.1, -0.05) is 54.6 Å². The van der Waals surface area contributed by atoms with Crippen LogP contribution in [0.15, 0.2) is 59.4 Å². The van der Waals surface area contributed by atoms with Crippen LogP contribution in [0.25, 0.3) is 11.1 Å². The van der Waals surface area contributed by atoms with Gasteiger partial charge in [0.15, 0.2) is 0 Å². The molecule has 3 aromatic rings. The van der Waals surface area contributed by atoms with E-state index >= 15 is 0 Å². The van der Waals surface area contributed by atoms with Gasteiger partial charge in [-0.3, -0.25) is 19.9 Å². The van der Waals surface area contributed by atoms with Gasteiger partial charge in [0.05, 0.1) is 12.1 Å². The average Bonchev–Trinajstić information content (AvgIpc) is 2.69. The molecule has 0 fully saturated rings. The van der Waals surface area contributed by atoms with E-state index in [0.717, 1.165) is 53.6 Å². The largest absolute Gasteiger partial charge is 0.296 e. The van der Waals surface area contributed by atoms with Crippen LogP contribution in [-0.2, 0) is 24.1 Å². The Labute approximate surface area is 157 Å². The topological polar surface area (TPSA) is 74.8 Å². The minimum Gasteiger partial charge on any atom is -0.296 e. The van der Waals surface area contributed by atoms with E-state index in [9.17, 15) is 9.59 Å². The number of carbonyl (C=O) groups excluding carboxylic acids is 1. The van der Waals surface area contributed by atoms with Crippen LogP contribution in [0.5, 0.6) is 0 Å². The van der Waals surface area contributed by atoms with Crippen LogP contribution in [0.1, 0.15) is 29.7 Å². The van der Waals surface area contributed by atoms with E-state index in [-0.39, 0.29) is 23.8 Å². The minimum absolute atomic E-state index is 0.137. The number of fused-ring (bicyclic) bond motifs is 1. The van der Waals surface area contributed by atoms with Crippen molar-refractivity contribution in [3.05, 3.63) is 81.8 Å². The van der Waals surface area contributed by atoms with E-state index in [4.69, 9.17) is 0 Å². The van der Waals surface area contributed by atoms with E-state index in [1.165, 1.54) is 0 Å². The summed E-state index contributed by atoms with van der Waals surface area (Å²) in [6, 6.07) is 18.0. The predicted octanol–water partition coefficient (Wildman–Crippen LogP) is 3.50. The highest BCUT2D eigenvalue weighted by Gasteiger charge is 2.16. The number of aryl methyl sites for hydroxylation is 1. The van der Waals surface area contributed by atoms with Crippen LogP contribution in [0.4, 0.5) is 5.95 Å². The molecule has 136 valence electrons. The maximum atomic E-state index is 12.3. The summed E-state index contributed by atoms with van der Waals surface area (Å²) < 4.78 is 0. The van der Waals surface area contributed by atoms with Gasteiger partial charge in [0.1, 0.15) is 0 Å². The van der Waals surface area contributed by atoms with Crippen LogP contribution in [-0.4, -0.2) is 15.9 Å². The van der Waals surface area contributed by atoms with Gasteiger partial charge < -0.3 is 0 Å². The number of amides is 1. The maximum Gasteiger partial charge on any atom is 0.255 e. The van der Waals surface area contributed by atoms with Crippen molar-refractivity contribution in [2.75, 3.05) is 5.32 Å². The number of anilines is 1. The summed E-state index contributed by atoms with van der Waals surface area (Å²) in [6.07, 6.45) is 3.84. The first-order valence-corrected chi connectivity index (χ1v) is 9.25. The van der Waals surface area contributed by atoms with Gasteiger partial charge in [0, 0.05) is 5.56 Å². The standard InChI is InChI=1S/C22H21N3O2/c26-20(24-22-23-19-9-5-4-8-18(19)21(27)25-22)14-15-10-12-17(13-11-15)16-6-2-1-3-7-16/h1-3,6-7,10-13H,4-5,8-9,14H2,(H2,23,24,25,26,27). The molecule has 1 aliphatic rings. The second-order valence-electron chi connectivity index (χ2n) is 6.83. The lowest BCUT2D eigenvalue weighted by Gasteiger charge is -2.14. The Balaban J connectivity index is 1.44. The molecule has 0 bridgehead atoms. The molecule has 1 amide bonds. The zero-order valence-electron chi connectivity index (χ0n) is 15.0. The quantitative estimate of drug-likeness (QED) is 0.749. The van der Waals surface area contributed by atoms with Crippen LogP contribution < -0.4 is 10.9 Å². The Morgan fingerprint density at radius 3 is 2.44 bits per heavy atom. The molecule has 4 rings (SSSR count). The summed E-state index contributed by atoms with van der Waals surface area (Å²) in [5.41, 5.74) is 4.60. The number of H-pyrrole nitrogens is 1. The fourth-order valence-corrected chi connectivity index (χ4v) is 3.47. The molecule has 27 heavy (non-hydrogen) atoms. The molecule has 2 N–H and O–H groups in total. The minimum atomic E-state index is -0.193. The van der Waals surface area contributed by atoms with Crippen molar-refractivity contribution in [3.63, 3.8) is 0 Å². The van der Waals surface area contributed by atoms with E-state index in [2.05, 4.69) is 27.4 Å². The Hall–Kier alpha value is -3.21. The monoisotopic (exact) mass is 359 g/mol. The summed E-state index contributed by atoms with van der Waals surface area (Å²) in [4.78, 5) is 31.6. The third-order valence-corrected chi connectivity index (χ3v) is 4.88.